The second-order valence-electron chi connectivity index (χ2n) is 6.33. The van der Waals surface area contributed by atoms with Crippen molar-refractivity contribution in [1.29, 1.82) is 0 Å². The Kier molecular flexibility index (Phi) is 5.07. The largest absolute Gasteiger partial charge is 0.496 e. The van der Waals surface area contributed by atoms with Gasteiger partial charge in [-0.3, -0.25) is 4.79 Å². The van der Waals surface area contributed by atoms with Crippen molar-refractivity contribution in [3.8, 4) is 22.7 Å². The minimum absolute atomic E-state index is 0.348. The molecule has 1 heterocycles. The zero-order valence-electron chi connectivity index (χ0n) is 15.7. The first-order valence-corrected chi connectivity index (χ1v) is 9.01. The highest BCUT2D eigenvalue weighted by Crippen LogP contribution is 2.32. The molecule has 4 aromatic rings. The van der Waals surface area contributed by atoms with E-state index in [2.05, 4.69) is 10.4 Å². The zero-order chi connectivity index (χ0) is 20.2. The van der Waals surface area contributed by atoms with Gasteiger partial charge in [-0.1, -0.05) is 30.3 Å². The summed E-state index contributed by atoms with van der Waals surface area (Å²) in [6, 6.07) is 22.5. The quantitative estimate of drug-likeness (QED) is 0.528. The van der Waals surface area contributed by atoms with Gasteiger partial charge in [0.15, 0.2) is 0 Å². The average molecular weight is 387 g/mol. The molecular weight excluding hydrogens is 369 g/mol. The molecule has 0 aliphatic carbocycles. The van der Waals surface area contributed by atoms with Gasteiger partial charge in [0.2, 0.25) is 0 Å². The van der Waals surface area contributed by atoms with E-state index < -0.39 is 0 Å². The Balaban J connectivity index is 1.79. The van der Waals surface area contributed by atoms with Crippen LogP contribution in [0, 0.1) is 5.82 Å². The number of nitrogens with zero attached hydrogens (tertiary/aromatic N) is 2. The maximum atomic E-state index is 13.2. The van der Waals surface area contributed by atoms with E-state index in [1.165, 1.54) is 24.3 Å². The van der Waals surface area contributed by atoms with Gasteiger partial charge in [0.25, 0.3) is 5.91 Å². The number of methoxy groups -OCH3 is 1. The van der Waals surface area contributed by atoms with E-state index in [9.17, 15) is 9.18 Å². The number of hydrogen-bond donors (Lipinski definition) is 1. The lowest BCUT2D eigenvalue weighted by atomic mass is 10.1. The minimum Gasteiger partial charge on any atom is -0.496 e. The number of ether oxygens (including phenoxy) is 1. The van der Waals surface area contributed by atoms with E-state index in [1.54, 1.807) is 18.0 Å². The third-order valence-electron chi connectivity index (χ3n) is 4.44. The summed E-state index contributed by atoms with van der Waals surface area (Å²) in [5.74, 6) is -0.101. The average Bonchev–Trinajstić information content (AvgIpc) is 3.21. The summed E-state index contributed by atoms with van der Waals surface area (Å²) in [6.07, 6.45) is 1.68. The molecule has 29 heavy (non-hydrogen) atoms. The summed E-state index contributed by atoms with van der Waals surface area (Å²) >= 11 is 0. The number of nitrogens with one attached hydrogen (secondary N) is 1. The molecule has 1 amide bonds. The van der Waals surface area contributed by atoms with Crippen LogP contribution >= 0.6 is 0 Å². The molecule has 1 aromatic heterocycles. The van der Waals surface area contributed by atoms with E-state index in [0.717, 1.165) is 5.69 Å². The highest BCUT2D eigenvalue weighted by Gasteiger charge is 2.21. The number of carbonyl (C=O) groups is 1. The summed E-state index contributed by atoms with van der Waals surface area (Å²) < 4.78 is 20.3. The first-order valence-electron chi connectivity index (χ1n) is 9.01. The molecule has 144 valence electrons. The predicted molar refractivity (Wildman–Crippen MR) is 110 cm³/mol. The number of benzene rings is 3. The summed E-state index contributed by atoms with van der Waals surface area (Å²) in [5.41, 5.74) is 2.89. The Morgan fingerprint density at radius 2 is 1.66 bits per heavy atom. The molecule has 0 fully saturated rings. The van der Waals surface area contributed by atoms with Crippen molar-refractivity contribution in [2.24, 2.45) is 0 Å². The Morgan fingerprint density at radius 1 is 0.966 bits per heavy atom. The minimum atomic E-state index is -0.366. The van der Waals surface area contributed by atoms with Gasteiger partial charge in [-0.15, -0.1) is 0 Å². The topological polar surface area (TPSA) is 56.2 Å². The van der Waals surface area contributed by atoms with Crippen molar-refractivity contribution in [2.45, 2.75) is 0 Å². The second kappa shape index (κ2) is 7.98. The van der Waals surface area contributed by atoms with Crippen LogP contribution in [0.5, 0.6) is 5.75 Å². The zero-order valence-corrected chi connectivity index (χ0v) is 15.7. The third kappa shape index (κ3) is 3.87. The summed E-state index contributed by atoms with van der Waals surface area (Å²) in [7, 11) is 1.57. The molecule has 0 spiro atoms. The van der Waals surface area contributed by atoms with Gasteiger partial charge in [0, 0.05) is 17.4 Å². The van der Waals surface area contributed by atoms with Crippen LogP contribution in [0.25, 0.3) is 16.9 Å². The van der Waals surface area contributed by atoms with Gasteiger partial charge < -0.3 is 10.1 Å². The molecule has 6 heteroatoms. The van der Waals surface area contributed by atoms with Gasteiger partial charge >= 0.3 is 0 Å². The van der Waals surface area contributed by atoms with Gasteiger partial charge in [0.05, 0.1) is 18.4 Å². The van der Waals surface area contributed by atoms with Crippen LogP contribution < -0.4 is 10.1 Å². The van der Waals surface area contributed by atoms with Gasteiger partial charge in [-0.25, -0.2) is 9.07 Å². The molecule has 4 rings (SSSR count). The van der Waals surface area contributed by atoms with Crippen molar-refractivity contribution in [3.05, 3.63) is 96.4 Å². The Hall–Kier alpha value is -3.93. The van der Waals surface area contributed by atoms with Crippen LogP contribution in [-0.2, 0) is 0 Å². The van der Waals surface area contributed by atoms with Crippen LogP contribution in [0.2, 0.25) is 0 Å². The molecule has 0 radical (unpaired) electrons. The van der Waals surface area contributed by atoms with Crippen molar-refractivity contribution in [2.75, 3.05) is 12.4 Å². The van der Waals surface area contributed by atoms with Crippen molar-refractivity contribution in [3.63, 3.8) is 0 Å². The standard InChI is InChI=1S/C23H18FN3O2/c1-29-21-10-6-5-9-19(21)22-20(15-27(26-22)18-7-3-2-4-8-18)23(28)25-17-13-11-16(24)12-14-17/h2-15H,1H3,(H,25,28). The number of rotatable bonds is 5. The maximum Gasteiger partial charge on any atom is 0.259 e. The van der Waals surface area contributed by atoms with E-state index in [1.807, 2.05) is 54.6 Å². The van der Waals surface area contributed by atoms with Gasteiger partial charge in [0.1, 0.15) is 17.3 Å². The van der Waals surface area contributed by atoms with E-state index in [0.29, 0.717) is 28.3 Å². The Bertz CT molecular complexity index is 1140. The van der Waals surface area contributed by atoms with E-state index in [4.69, 9.17) is 4.74 Å². The second-order valence-corrected chi connectivity index (χ2v) is 6.33. The van der Waals surface area contributed by atoms with Crippen LogP contribution in [-0.4, -0.2) is 22.8 Å². The van der Waals surface area contributed by atoms with Gasteiger partial charge in [-0.2, -0.15) is 5.10 Å². The van der Waals surface area contributed by atoms with Crippen LogP contribution in [0.3, 0.4) is 0 Å². The van der Waals surface area contributed by atoms with E-state index >= 15 is 0 Å². The fourth-order valence-corrected chi connectivity index (χ4v) is 3.02. The Labute approximate surface area is 167 Å². The lowest BCUT2D eigenvalue weighted by molar-refractivity contribution is 0.102. The number of aromatic nitrogens is 2. The SMILES string of the molecule is COc1ccccc1-c1nn(-c2ccccc2)cc1C(=O)Nc1ccc(F)cc1. The smallest absolute Gasteiger partial charge is 0.259 e. The Morgan fingerprint density at radius 3 is 2.38 bits per heavy atom. The third-order valence-corrected chi connectivity index (χ3v) is 4.44. The fourth-order valence-electron chi connectivity index (χ4n) is 3.02. The van der Waals surface area contributed by atoms with Crippen molar-refractivity contribution in [1.82, 2.24) is 9.78 Å². The highest BCUT2D eigenvalue weighted by molar-refractivity contribution is 6.08. The van der Waals surface area contributed by atoms with Crippen molar-refractivity contribution >= 4 is 11.6 Å². The number of para-hydroxylation sites is 2. The van der Waals surface area contributed by atoms with Crippen LogP contribution in [0.4, 0.5) is 10.1 Å². The van der Waals surface area contributed by atoms with Gasteiger partial charge in [-0.05, 0) is 48.5 Å². The molecule has 0 bridgehead atoms. The first-order chi connectivity index (χ1) is 14.2. The predicted octanol–water partition coefficient (Wildman–Crippen LogP) is 4.94. The van der Waals surface area contributed by atoms with Crippen LogP contribution in [0.1, 0.15) is 10.4 Å². The van der Waals surface area contributed by atoms with Crippen molar-refractivity contribution < 1.29 is 13.9 Å². The lowest BCUT2D eigenvalue weighted by Crippen LogP contribution is -2.12. The number of anilines is 1. The molecule has 0 unspecified atom stereocenters. The lowest BCUT2D eigenvalue weighted by Gasteiger charge is -2.08. The number of halogens is 1. The fraction of sp³-hybridized carbons (Fsp3) is 0.0435. The van der Waals surface area contributed by atoms with Crippen LogP contribution in [0.15, 0.2) is 85.1 Å². The van der Waals surface area contributed by atoms with E-state index in [-0.39, 0.29) is 11.7 Å². The normalized spacial score (nSPS) is 10.6. The molecule has 0 saturated heterocycles. The number of hydrogen-bond acceptors (Lipinski definition) is 3. The summed E-state index contributed by atoms with van der Waals surface area (Å²) in [5, 5.41) is 7.45. The molecule has 0 atom stereocenters. The molecule has 5 nitrogen and oxygen atoms in total. The highest BCUT2D eigenvalue weighted by atomic mass is 19.1. The molecule has 0 aliphatic heterocycles. The first kappa shape index (κ1) is 18.4. The monoisotopic (exact) mass is 387 g/mol. The number of carbonyl (C=O) groups excluding carboxylic acids is 1. The maximum absolute atomic E-state index is 13.2. The summed E-state index contributed by atoms with van der Waals surface area (Å²) in [4.78, 5) is 13.0. The molecule has 1 N–H and O–H groups in total. The molecule has 0 aliphatic rings. The molecule has 0 saturated carbocycles. The number of amides is 1. The summed E-state index contributed by atoms with van der Waals surface area (Å²) in [6.45, 7) is 0. The molecular formula is C23H18FN3O2. The molecule has 3 aromatic carbocycles.